The predicted octanol–water partition coefficient (Wildman–Crippen LogP) is 3.49. The van der Waals surface area contributed by atoms with Gasteiger partial charge in [-0.3, -0.25) is 0 Å². The van der Waals surface area contributed by atoms with E-state index in [0.717, 1.165) is 50.1 Å². The zero-order valence-electron chi connectivity index (χ0n) is 20.5. The van der Waals surface area contributed by atoms with Gasteiger partial charge in [-0.25, -0.2) is 18.4 Å². The third-order valence-corrected chi connectivity index (χ3v) is 8.11. The molecule has 0 radical (unpaired) electrons. The molecule has 3 N–H and O–H groups in total. The molecule has 0 atom stereocenters. The molecule has 0 bridgehead atoms. The summed E-state index contributed by atoms with van der Waals surface area (Å²) in [6, 6.07) is 12.7. The van der Waals surface area contributed by atoms with Crippen molar-refractivity contribution in [1.29, 1.82) is 0 Å². The lowest BCUT2D eigenvalue weighted by atomic mass is 9.86. The van der Waals surface area contributed by atoms with Crippen LogP contribution in [0.1, 0.15) is 25.7 Å². The minimum absolute atomic E-state index is 0.171. The molecule has 3 heterocycles. The Morgan fingerprint density at radius 3 is 2.39 bits per heavy atom. The minimum Gasteiger partial charge on any atom is -0.494 e. The van der Waals surface area contributed by atoms with Gasteiger partial charge in [0.05, 0.1) is 23.4 Å². The van der Waals surface area contributed by atoms with Crippen molar-refractivity contribution in [2.75, 3.05) is 48.5 Å². The predicted molar refractivity (Wildman–Crippen MR) is 140 cm³/mol. The second kappa shape index (κ2) is 9.90. The van der Waals surface area contributed by atoms with Gasteiger partial charge in [-0.2, -0.15) is 4.98 Å². The summed E-state index contributed by atoms with van der Waals surface area (Å²) in [6.45, 7) is 3.16. The van der Waals surface area contributed by atoms with Crippen molar-refractivity contribution in [3.63, 3.8) is 0 Å². The van der Waals surface area contributed by atoms with Gasteiger partial charge in [-0.1, -0.05) is 12.1 Å². The average molecular weight is 510 g/mol. The molecule has 10 nitrogen and oxygen atoms in total. The van der Waals surface area contributed by atoms with Crippen molar-refractivity contribution in [3.05, 3.63) is 48.8 Å². The fourth-order valence-electron chi connectivity index (χ4n) is 5.02. The van der Waals surface area contributed by atoms with E-state index in [0.29, 0.717) is 22.9 Å². The molecule has 2 aliphatic heterocycles. The molecule has 190 valence electrons. The van der Waals surface area contributed by atoms with Crippen LogP contribution in [0.2, 0.25) is 0 Å². The summed E-state index contributed by atoms with van der Waals surface area (Å²) in [5.74, 6) is 1.22. The number of piperidine rings is 1. The van der Waals surface area contributed by atoms with Gasteiger partial charge in [0.15, 0.2) is 9.84 Å². The summed E-state index contributed by atoms with van der Waals surface area (Å²) in [5, 5.41) is 9.89. The number of nitrogens with zero attached hydrogens (tertiary/aromatic N) is 4. The second-order valence-corrected chi connectivity index (χ2v) is 11.3. The maximum absolute atomic E-state index is 12.1. The Kier molecular flexibility index (Phi) is 6.67. The highest BCUT2D eigenvalue weighted by molar-refractivity contribution is 7.90. The van der Waals surface area contributed by atoms with Gasteiger partial charge in [-0.05, 0) is 56.5 Å². The van der Waals surface area contributed by atoms with Crippen LogP contribution >= 0.6 is 0 Å². The van der Waals surface area contributed by atoms with Crippen LogP contribution in [0.15, 0.2) is 53.7 Å². The van der Waals surface area contributed by atoms with Crippen LogP contribution in [0.4, 0.5) is 29.0 Å². The highest BCUT2D eigenvalue weighted by Crippen LogP contribution is 2.36. The Labute approximate surface area is 211 Å². The quantitative estimate of drug-likeness (QED) is 0.436. The number of ether oxygens (including phenoxy) is 1. The highest BCUT2D eigenvalue weighted by Gasteiger charge is 2.36. The maximum atomic E-state index is 12.1. The summed E-state index contributed by atoms with van der Waals surface area (Å²) in [7, 11) is -1.78. The van der Waals surface area contributed by atoms with Crippen molar-refractivity contribution in [2.24, 2.45) is 0 Å². The van der Waals surface area contributed by atoms with E-state index in [4.69, 9.17) is 4.74 Å². The van der Waals surface area contributed by atoms with Gasteiger partial charge in [0, 0.05) is 36.6 Å². The Hall–Kier alpha value is -3.44. The molecule has 2 saturated heterocycles. The van der Waals surface area contributed by atoms with Gasteiger partial charge in [0.2, 0.25) is 11.9 Å². The molecular weight excluding hydrogens is 478 g/mol. The van der Waals surface area contributed by atoms with E-state index in [1.54, 1.807) is 25.3 Å². The summed E-state index contributed by atoms with van der Waals surface area (Å²) >= 11 is 0. The normalized spacial score (nSPS) is 17.2. The molecule has 1 aromatic heterocycles. The first-order valence-electron chi connectivity index (χ1n) is 12.1. The molecule has 2 fully saturated rings. The lowest BCUT2D eigenvalue weighted by Gasteiger charge is -2.40. The Morgan fingerprint density at radius 2 is 1.72 bits per heavy atom. The highest BCUT2D eigenvalue weighted by atomic mass is 32.2. The third-order valence-electron chi connectivity index (χ3n) is 6.95. The summed E-state index contributed by atoms with van der Waals surface area (Å²) in [4.78, 5) is 15.3. The summed E-state index contributed by atoms with van der Waals surface area (Å²) in [6.07, 6.45) is 7.37. The van der Waals surface area contributed by atoms with Gasteiger partial charge in [0.1, 0.15) is 12.1 Å². The molecule has 5 rings (SSSR count). The number of hydrogen-bond donors (Lipinski definition) is 3. The standard InChI is InChI=1S/C25H31N7O3S/c1-35-21-16-18(32-14-11-25(12-15-32)10-5-13-28-25)8-9-19(21)29-23-26-17-27-24(31-23)30-20-6-3-4-7-22(20)36(2,33)34/h3-4,6-9,16-17,28H,5,10-15H2,1-2H3,(H2,26,27,29,30,31). The van der Waals surface area contributed by atoms with Gasteiger partial charge >= 0.3 is 0 Å². The number of para-hydroxylation sites is 1. The molecule has 0 saturated carbocycles. The minimum atomic E-state index is -3.41. The largest absolute Gasteiger partial charge is 0.494 e. The van der Waals surface area contributed by atoms with Crippen LogP contribution in [0, 0.1) is 0 Å². The van der Waals surface area contributed by atoms with Crippen molar-refractivity contribution in [2.45, 2.75) is 36.1 Å². The molecule has 3 aromatic rings. The van der Waals surface area contributed by atoms with Crippen molar-refractivity contribution in [1.82, 2.24) is 20.3 Å². The van der Waals surface area contributed by atoms with E-state index in [1.807, 2.05) is 12.1 Å². The van der Waals surface area contributed by atoms with Crippen LogP contribution in [0.3, 0.4) is 0 Å². The van der Waals surface area contributed by atoms with Crippen LogP contribution in [0.5, 0.6) is 5.75 Å². The molecule has 11 heteroatoms. The smallest absolute Gasteiger partial charge is 0.232 e. The maximum Gasteiger partial charge on any atom is 0.232 e. The number of nitrogens with one attached hydrogen (secondary N) is 3. The summed E-state index contributed by atoms with van der Waals surface area (Å²) in [5.41, 5.74) is 2.57. The lowest BCUT2D eigenvalue weighted by Crippen LogP contribution is -2.50. The molecular formula is C25H31N7O3S. The van der Waals surface area contributed by atoms with E-state index >= 15 is 0 Å². The zero-order valence-corrected chi connectivity index (χ0v) is 21.3. The topological polar surface area (TPSA) is 121 Å². The molecule has 2 aromatic carbocycles. The molecule has 1 spiro atoms. The van der Waals surface area contributed by atoms with Crippen LogP contribution in [-0.4, -0.2) is 61.9 Å². The SMILES string of the molecule is COc1cc(N2CCC3(CCCN3)CC2)ccc1Nc1ncnc(Nc2ccccc2S(C)(=O)=O)n1. The molecule has 0 unspecified atom stereocenters. The fourth-order valence-corrected chi connectivity index (χ4v) is 5.86. The molecule has 0 amide bonds. The van der Waals surface area contributed by atoms with E-state index in [-0.39, 0.29) is 10.8 Å². The van der Waals surface area contributed by atoms with E-state index in [9.17, 15) is 8.42 Å². The first-order chi connectivity index (χ1) is 17.4. The lowest BCUT2D eigenvalue weighted by molar-refractivity contribution is 0.297. The number of anilines is 5. The number of methoxy groups -OCH3 is 1. The van der Waals surface area contributed by atoms with Crippen molar-refractivity contribution < 1.29 is 13.2 Å². The average Bonchev–Trinajstić information content (AvgIpc) is 3.32. The van der Waals surface area contributed by atoms with Crippen LogP contribution in [-0.2, 0) is 9.84 Å². The zero-order chi connectivity index (χ0) is 25.2. The second-order valence-electron chi connectivity index (χ2n) is 9.33. The van der Waals surface area contributed by atoms with Crippen molar-refractivity contribution in [3.8, 4) is 5.75 Å². The summed E-state index contributed by atoms with van der Waals surface area (Å²) < 4.78 is 29.9. The first kappa shape index (κ1) is 24.3. The number of benzene rings is 2. The van der Waals surface area contributed by atoms with E-state index < -0.39 is 9.84 Å². The third kappa shape index (κ3) is 5.21. The molecule has 0 aliphatic carbocycles. The molecule has 36 heavy (non-hydrogen) atoms. The monoisotopic (exact) mass is 509 g/mol. The first-order valence-corrected chi connectivity index (χ1v) is 13.9. The Morgan fingerprint density at radius 1 is 1.00 bits per heavy atom. The molecule has 2 aliphatic rings. The number of hydrogen-bond acceptors (Lipinski definition) is 10. The number of rotatable bonds is 7. The number of aromatic nitrogens is 3. The van der Waals surface area contributed by atoms with Gasteiger partial charge in [0.25, 0.3) is 0 Å². The fraction of sp³-hybridized carbons (Fsp3) is 0.400. The Bertz CT molecular complexity index is 1330. The van der Waals surface area contributed by atoms with Gasteiger partial charge in [-0.15, -0.1) is 0 Å². The van der Waals surface area contributed by atoms with Crippen LogP contribution < -0.4 is 25.6 Å². The van der Waals surface area contributed by atoms with Crippen LogP contribution in [0.25, 0.3) is 0 Å². The van der Waals surface area contributed by atoms with Crippen molar-refractivity contribution >= 4 is 38.8 Å². The Balaban J connectivity index is 1.30. The van der Waals surface area contributed by atoms with Gasteiger partial charge < -0.3 is 25.6 Å². The van der Waals surface area contributed by atoms with E-state index in [1.165, 1.54) is 25.2 Å². The number of sulfone groups is 1. The van der Waals surface area contributed by atoms with E-state index in [2.05, 4.69) is 41.9 Å².